The van der Waals surface area contributed by atoms with Gasteiger partial charge in [0.25, 0.3) is 5.91 Å². The first kappa shape index (κ1) is 10.5. The molecule has 0 spiro atoms. The van der Waals surface area contributed by atoms with Crippen LogP contribution >= 0.6 is 11.6 Å². The summed E-state index contributed by atoms with van der Waals surface area (Å²) in [6.45, 7) is 0.166. The van der Waals surface area contributed by atoms with Crippen molar-refractivity contribution in [2.45, 2.75) is 6.54 Å². The van der Waals surface area contributed by atoms with Crippen LogP contribution < -0.4 is 5.32 Å². The summed E-state index contributed by atoms with van der Waals surface area (Å²) in [4.78, 5) is 22.8. The highest BCUT2D eigenvalue weighted by Crippen LogP contribution is 2.01. The molecule has 2 rings (SSSR count). The lowest BCUT2D eigenvalue weighted by atomic mass is 10.4. The molecule has 0 bridgehead atoms. The van der Waals surface area contributed by atoms with E-state index in [9.17, 15) is 4.79 Å². The van der Waals surface area contributed by atoms with Gasteiger partial charge in [-0.2, -0.15) is 4.98 Å². The monoisotopic (exact) mass is 239 g/mol. The molecule has 0 aromatic carbocycles. The van der Waals surface area contributed by atoms with Crippen LogP contribution in [0, 0.1) is 0 Å². The molecule has 0 atom stereocenters. The first-order valence-corrected chi connectivity index (χ1v) is 4.64. The SMILES string of the molecule is O=C(NCc1ncon1)c1cnc(Cl)cn1. The molecule has 16 heavy (non-hydrogen) atoms. The molecule has 0 radical (unpaired) electrons. The lowest BCUT2D eigenvalue weighted by Crippen LogP contribution is -2.24. The Morgan fingerprint density at radius 1 is 1.38 bits per heavy atom. The second kappa shape index (κ2) is 4.67. The van der Waals surface area contributed by atoms with Crippen LogP contribution in [-0.2, 0) is 6.54 Å². The molecule has 0 fully saturated rings. The van der Waals surface area contributed by atoms with Crippen LogP contribution in [0.1, 0.15) is 16.3 Å². The van der Waals surface area contributed by atoms with E-state index in [1.807, 2.05) is 0 Å². The molecule has 82 valence electrons. The van der Waals surface area contributed by atoms with Crippen LogP contribution in [0.25, 0.3) is 0 Å². The van der Waals surface area contributed by atoms with Gasteiger partial charge in [-0.25, -0.2) is 9.97 Å². The number of carbonyl (C=O) groups excluding carboxylic acids is 1. The van der Waals surface area contributed by atoms with Crippen molar-refractivity contribution in [3.63, 3.8) is 0 Å². The van der Waals surface area contributed by atoms with Crippen LogP contribution in [-0.4, -0.2) is 26.0 Å². The van der Waals surface area contributed by atoms with Gasteiger partial charge in [0.05, 0.1) is 18.9 Å². The number of hydrogen-bond donors (Lipinski definition) is 1. The van der Waals surface area contributed by atoms with Crippen LogP contribution in [0.3, 0.4) is 0 Å². The van der Waals surface area contributed by atoms with E-state index in [0.29, 0.717) is 5.82 Å². The second-order valence-electron chi connectivity index (χ2n) is 2.75. The highest BCUT2D eigenvalue weighted by Gasteiger charge is 2.08. The maximum Gasteiger partial charge on any atom is 0.271 e. The molecule has 1 amide bonds. The van der Waals surface area contributed by atoms with E-state index in [2.05, 4.69) is 29.9 Å². The molecule has 1 N–H and O–H groups in total. The van der Waals surface area contributed by atoms with E-state index in [-0.39, 0.29) is 23.3 Å². The Morgan fingerprint density at radius 2 is 2.25 bits per heavy atom. The minimum absolute atomic E-state index is 0.166. The fourth-order valence-corrected chi connectivity index (χ4v) is 1.05. The van der Waals surface area contributed by atoms with Crippen molar-refractivity contribution in [3.8, 4) is 0 Å². The van der Waals surface area contributed by atoms with E-state index < -0.39 is 0 Å². The normalized spacial score (nSPS) is 10.1. The molecule has 0 aliphatic heterocycles. The van der Waals surface area contributed by atoms with Crippen LogP contribution in [0.5, 0.6) is 0 Å². The Hall–Kier alpha value is -2.02. The topological polar surface area (TPSA) is 93.8 Å². The molecule has 0 unspecified atom stereocenters. The molecule has 2 aromatic rings. The first-order chi connectivity index (χ1) is 7.75. The molecule has 0 saturated heterocycles. The van der Waals surface area contributed by atoms with Crippen molar-refractivity contribution in [1.29, 1.82) is 0 Å². The Kier molecular flexibility index (Phi) is 3.06. The largest absolute Gasteiger partial charge is 0.343 e. The third kappa shape index (κ3) is 2.51. The molecule has 0 aliphatic rings. The maximum atomic E-state index is 11.5. The van der Waals surface area contributed by atoms with Crippen LogP contribution in [0.2, 0.25) is 5.15 Å². The summed E-state index contributed by atoms with van der Waals surface area (Å²) >= 11 is 5.54. The summed E-state index contributed by atoms with van der Waals surface area (Å²) in [5.74, 6) is 0.00393. The van der Waals surface area contributed by atoms with Gasteiger partial charge in [-0.1, -0.05) is 16.8 Å². The molecule has 0 saturated carbocycles. The lowest BCUT2D eigenvalue weighted by Gasteiger charge is -2.00. The van der Waals surface area contributed by atoms with Gasteiger partial charge in [-0.3, -0.25) is 4.79 Å². The van der Waals surface area contributed by atoms with E-state index >= 15 is 0 Å². The molecule has 8 heteroatoms. The van der Waals surface area contributed by atoms with Crippen molar-refractivity contribution >= 4 is 17.5 Å². The fourth-order valence-electron chi connectivity index (χ4n) is 0.950. The van der Waals surface area contributed by atoms with Crippen LogP contribution in [0.15, 0.2) is 23.3 Å². The third-order valence-corrected chi connectivity index (χ3v) is 1.86. The average Bonchev–Trinajstić information content (AvgIpc) is 2.80. The van der Waals surface area contributed by atoms with E-state index in [4.69, 9.17) is 11.6 Å². The van der Waals surface area contributed by atoms with Gasteiger partial charge in [0.2, 0.25) is 6.39 Å². The number of amides is 1. The van der Waals surface area contributed by atoms with Gasteiger partial charge < -0.3 is 9.84 Å². The molecule has 0 aliphatic carbocycles. The van der Waals surface area contributed by atoms with Gasteiger partial charge in [-0.05, 0) is 0 Å². The number of carbonyl (C=O) groups is 1. The molecule has 7 nitrogen and oxygen atoms in total. The smallest absolute Gasteiger partial charge is 0.271 e. The first-order valence-electron chi connectivity index (χ1n) is 4.26. The number of hydrogen-bond acceptors (Lipinski definition) is 6. The average molecular weight is 240 g/mol. The van der Waals surface area contributed by atoms with Crippen molar-refractivity contribution in [1.82, 2.24) is 25.4 Å². The van der Waals surface area contributed by atoms with Crippen molar-refractivity contribution < 1.29 is 9.32 Å². The summed E-state index contributed by atoms with van der Waals surface area (Å²) in [6, 6.07) is 0. The van der Waals surface area contributed by atoms with Gasteiger partial charge in [0.15, 0.2) is 5.82 Å². The molecule has 2 aromatic heterocycles. The predicted octanol–water partition coefficient (Wildman–Crippen LogP) is 0.443. The Labute approximate surface area is 94.9 Å². The Balaban J connectivity index is 1.95. The molecule has 2 heterocycles. The van der Waals surface area contributed by atoms with Gasteiger partial charge in [-0.15, -0.1) is 0 Å². The van der Waals surface area contributed by atoms with Gasteiger partial charge >= 0.3 is 0 Å². The zero-order valence-electron chi connectivity index (χ0n) is 7.92. The summed E-state index contributed by atoms with van der Waals surface area (Å²) in [5, 5.41) is 6.32. The van der Waals surface area contributed by atoms with Crippen LogP contribution in [0.4, 0.5) is 0 Å². The minimum atomic E-state index is -0.381. The maximum absolute atomic E-state index is 11.5. The van der Waals surface area contributed by atoms with E-state index in [0.717, 1.165) is 0 Å². The van der Waals surface area contributed by atoms with Crippen molar-refractivity contribution in [2.24, 2.45) is 0 Å². The second-order valence-corrected chi connectivity index (χ2v) is 3.14. The number of halogens is 1. The zero-order valence-corrected chi connectivity index (χ0v) is 8.68. The lowest BCUT2D eigenvalue weighted by molar-refractivity contribution is 0.0944. The van der Waals surface area contributed by atoms with E-state index in [1.165, 1.54) is 18.8 Å². The zero-order chi connectivity index (χ0) is 11.4. The number of nitrogens with zero attached hydrogens (tertiary/aromatic N) is 4. The number of nitrogens with one attached hydrogen (secondary N) is 1. The summed E-state index contributed by atoms with van der Waals surface area (Å²) in [6.07, 6.45) is 3.77. The van der Waals surface area contributed by atoms with Gasteiger partial charge in [0, 0.05) is 0 Å². The number of aromatic nitrogens is 4. The van der Waals surface area contributed by atoms with Crippen molar-refractivity contribution in [3.05, 3.63) is 35.5 Å². The third-order valence-electron chi connectivity index (χ3n) is 1.67. The predicted molar refractivity (Wildman–Crippen MR) is 52.5 cm³/mol. The van der Waals surface area contributed by atoms with Gasteiger partial charge in [0.1, 0.15) is 10.8 Å². The molecular weight excluding hydrogens is 234 g/mol. The highest BCUT2D eigenvalue weighted by atomic mass is 35.5. The van der Waals surface area contributed by atoms with Crippen molar-refractivity contribution in [2.75, 3.05) is 0 Å². The highest BCUT2D eigenvalue weighted by molar-refractivity contribution is 6.29. The summed E-state index contributed by atoms with van der Waals surface area (Å²) in [7, 11) is 0. The van der Waals surface area contributed by atoms with E-state index in [1.54, 1.807) is 0 Å². The summed E-state index contributed by atoms with van der Waals surface area (Å²) in [5.41, 5.74) is 0.174. The minimum Gasteiger partial charge on any atom is -0.343 e. The number of rotatable bonds is 3. The standard InChI is InChI=1S/C8H6ClN5O2/c9-6-2-10-5(1-11-6)8(15)12-3-7-13-4-16-14-7/h1-2,4H,3H2,(H,12,15). The Morgan fingerprint density at radius 3 is 2.88 bits per heavy atom. The fraction of sp³-hybridized carbons (Fsp3) is 0.125. The molecular formula is C8H6ClN5O2. The summed E-state index contributed by atoms with van der Waals surface area (Å²) < 4.78 is 4.51. The quantitative estimate of drug-likeness (QED) is 0.835. The Bertz CT molecular complexity index is 470.